The molecule has 0 saturated carbocycles. The fourth-order valence-electron chi connectivity index (χ4n) is 2.52. The van der Waals surface area contributed by atoms with E-state index in [1.54, 1.807) is 0 Å². The van der Waals surface area contributed by atoms with E-state index in [1.165, 1.54) is 24.6 Å². The van der Waals surface area contributed by atoms with Crippen LogP contribution in [0.1, 0.15) is 30.1 Å². The molecule has 1 aromatic rings. The minimum absolute atomic E-state index is 0.0279. The number of esters is 1. The molecule has 0 spiro atoms. The number of carbonyl (C=O) groups excluding carboxylic acids is 2. The van der Waals surface area contributed by atoms with E-state index in [4.69, 9.17) is 0 Å². The molecule has 0 fully saturated rings. The van der Waals surface area contributed by atoms with Crippen molar-refractivity contribution in [3.63, 3.8) is 0 Å². The van der Waals surface area contributed by atoms with E-state index in [0.717, 1.165) is 24.8 Å². The SMILES string of the molecule is COC(=O)CSCCNC(=O)N[C@H]1CCCc2c1cnn2C. The van der Waals surface area contributed by atoms with Gasteiger partial charge in [0.15, 0.2) is 0 Å². The van der Waals surface area contributed by atoms with Gasteiger partial charge < -0.3 is 15.4 Å². The predicted octanol–water partition coefficient (Wildman–Crippen LogP) is 1.00. The van der Waals surface area contributed by atoms with Crippen LogP contribution in [0.3, 0.4) is 0 Å². The third-order valence-corrected chi connectivity index (χ3v) is 4.59. The van der Waals surface area contributed by atoms with Gasteiger partial charge in [-0.15, -0.1) is 11.8 Å². The van der Waals surface area contributed by atoms with Crippen LogP contribution in [-0.2, 0) is 23.0 Å². The van der Waals surface area contributed by atoms with Crippen molar-refractivity contribution < 1.29 is 14.3 Å². The second kappa shape index (κ2) is 8.07. The minimum Gasteiger partial charge on any atom is -0.468 e. The van der Waals surface area contributed by atoms with Gasteiger partial charge in [0.05, 0.1) is 25.1 Å². The van der Waals surface area contributed by atoms with Gasteiger partial charge in [-0.3, -0.25) is 9.48 Å². The topological polar surface area (TPSA) is 85.2 Å². The molecule has 0 aromatic carbocycles. The highest BCUT2D eigenvalue weighted by atomic mass is 32.2. The Morgan fingerprint density at radius 1 is 1.55 bits per heavy atom. The molecule has 0 radical (unpaired) electrons. The summed E-state index contributed by atoms with van der Waals surface area (Å²) in [4.78, 5) is 22.9. The van der Waals surface area contributed by atoms with Crippen molar-refractivity contribution in [1.29, 1.82) is 0 Å². The monoisotopic (exact) mass is 326 g/mol. The summed E-state index contributed by atoms with van der Waals surface area (Å²) >= 11 is 1.44. The Hall–Kier alpha value is -1.70. The van der Waals surface area contributed by atoms with Gasteiger partial charge >= 0.3 is 12.0 Å². The summed E-state index contributed by atoms with van der Waals surface area (Å²) in [5.74, 6) is 0.730. The molecule has 0 bridgehead atoms. The highest BCUT2D eigenvalue weighted by Gasteiger charge is 2.24. The number of carbonyl (C=O) groups is 2. The van der Waals surface area contributed by atoms with E-state index in [1.807, 2.05) is 17.9 Å². The van der Waals surface area contributed by atoms with Gasteiger partial charge in [0.2, 0.25) is 0 Å². The zero-order valence-electron chi connectivity index (χ0n) is 12.9. The largest absolute Gasteiger partial charge is 0.468 e. The van der Waals surface area contributed by atoms with Crippen molar-refractivity contribution in [3.05, 3.63) is 17.5 Å². The maximum atomic E-state index is 11.9. The Morgan fingerprint density at radius 3 is 3.14 bits per heavy atom. The van der Waals surface area contributed by atoms with Crippen molar-refractivity contribution in [2.24, 2.45) is 7.05 Å². The molecule has 1 aliphatic carbocycles. The molecule has 0 unspecified atom stereocenters. The number of ether oxygens (including phenoxy) is 1. The number of nitrogens with zero attached hydrogens (tertiary/aromatic N) is 2. The number of nitrogens with one attached hydrogen (secondary N) is 2. The molecule has 1 aliphatic rings. The van der Waals surface area contributed by atoms with Crippen LogP contribution >= 0.6 is 11.8 Å². The fraction of sp³-hybridized carbons (Fsp3) is 0.643. The number of hydrogen-bond acceptors (Lipinski definition) is 5. The first-order valence-electron chi connectivity index (χ1n) is 7.31. The Kier molecular flexibility index (Phi) is 6.11. The lowest BCUT2D eigenvalue weighted by atomic mass is 9.93. The molecule has 7 nitrogen and oxygen atoms in total. The third kappa shape index (κ3) is 4.40. The Labute approximate surface area is 134 Å². The summed E-state index contributed by atoms with van der Waals surface area (Å²) in [6, 6.07) is -0.152. The molecule has 22 heavy (non-hydrogen) atoms. The predicted molar refractivity (Wildman–Crippen MR) is 84.8 cm³/mol. The lowest BCUT2D eigenvalue weighted by Crippen LogP contribution is -2.40. The van der Waals surface area contributed by atoms with Gasteiger partial charge in [-0.1, -0.05) is 0 Å². The van der Waals surface area contributed by atoms with Crippen LogP contribution in [-0.4, -0.2) is 46.9 Å². The Balaban J connectivity index is 1.71. The van der Waals surface area contributed by atoms with Crippen LogP contribution < -0.4 is 10.6 Å². The van der Waals surface area contributed by atoms with E-state index in [0.29, 0.717) is 18.1 Å². The highest BCUT2D eigenvalue weighted by molar-refractivity contribution is 7.99. The average Bonchev–Trinajstić information content (AvgIpc) is 2.89. The van der Waals surface area contributed by atoms with E-state index in [2.05, 4.69) is 20.5 Å². The van der Waals surface area contributed by atoms with Gasteiger partial charge in [0.1, 0.15) is 0 Å². The molecular formula is C14H22N4O3S. The smallest absolute Gasteiger partial charge is 0.315 e. The fourth-order valence-corrected chi connectivity index (χ4v) is 3.19. The first-order chi connectivity index (χ1) is 10.6. The van der Waals surface area contributed by atoms with Crippen molar-refractivity contribution in [2.75, 3.05) is 25.2 Å². The normalized spacial score (nSPS) is 16.7. The van der Waals surface area contributed by atoms with Crippen LogP contribution in [0.2, 0.25) is 0 Å². The number of thioether (sulfide) groups is 1. The maximum absolute atomic E-state index is 11.9. The van der Waals surface area contributed by atoms with E-state index in [9.17, 15) is 9.59 Å². The van der Waals surface area contributed by atoms with Gasteiger partial charge in [0.25, 0.3) is 0 Å². The van der Waals surface area contributed by atoms with Crippen molar-refractivity contribution >= 4 is 23.8 Å². The van der Waals surface area contributed by atoms with E-state index < -0.39 is 0 Å². The number of rotatable bonds is 6. The van der Waals surface area contributed by atoms with Gasteiger partial charge in [-0.25, -0.2) is 4.79 Å². The van der Waals surface area contributed by atoms with Gasteiger partial charge in [-0.05, 0) is 19.3 Å². The van der Waals surface area contributed by atoms with Crippen LogP contribution in [0.5, 0.6) is 0 Å². The van der Waals surface area contributed by atoms with Crippen molar-refractivity contribution in [2.45, 2.75) is 25.3 Å². The standard InChI is InChI=1S/C14H22N4O3S/c1-18-12-5-3-4-11(10(12)8-16-18)17-14(20)15-6-7-22-9-13(19)21-2/h8,11H,3-7,9H2,1-2H3,(H2,15,17,20)/t11-/m0/s1. The number of methoxy groups -OCH3 is 1. The summed E-state index contributed by atoms with van der Waals surface area (Å²) in [5.41, 5.74) is 2.31. The Bertz CT molecular complexity index is 532. The number of hydrogen-bond donors (Lipinski definition) is 2. The zero-order valence-corrected chi connectivity index (χ0v) is 13.7. The molecule has 2 amide bonds. The number of amides is 2. The molecular weight excluding hydrogens is 304 g/mol. The van der Waals surface area contributed by atoms with Gasteiger partial charge in [-0.2, -0.15) is 5.10 Å². The average molecular weight is 326 g/mol. The number of aryl methyl sites for hydroxylation is 1. The maximum Gasteiger partial charge on any atom is 0.315 e. The summed E-state index contributed by atoms with van der Waals surface area (Å²) < 4.78 is 6.43. The molecule has 122 valence electrons. The molecule has 2 rings (SSSR count). The summed E-state index contributed by atoms with van der Waals surface area (Å²) in [6.07, 6.45) is 4.83. The second-order valence-corrected chi connectivity index (χ2v) is 6.25. The zero-order chi connectivity index (χ0) is 15.9. The Morgan fingerprint density at radius 2 is 2.36 bits per heavy atom. The third-order valence-electron chi connectivity index (χ3n) is 3.66. The molecule has 8 heteroatoms. The number of fused-ring (bicyclic) bond motifs is 1. The first kappa shape index (κ1) is 16.7. The van der Waals surface area contributed by atoms with Crippen LogP contribution in [0.25, 0.3) is 0 Å². The summed E-state index contributed by atoms with van der Waals surface area (Å²) in [7, 11) is 3.30. The molecule has 1 heterocycles. The van der Waals surface area contributed by atoms with Crippen LogP contribution in [0.15, 0.2) is 6.20 Å². The van der Waals surface area contributed by atoms with Gasteiger partial charge in [0, 0.05) is 30.6 Å². The first-order valence-corrected chi connectivity index (χ1v) is 8.47. The molecule has 0 saturated heterocycles. The summed E-state index contributed by atoms with van der Waals surface area (Å²) in [5, 5.41) is 10.1. The lowest BCUT2D eigenvalue weighted by molar-refractivity contribution is -0.137. The van der Waals surface area contributed by atoms with Crippen LogP contribution in [0, 0.1) is 0 Å². The second-order valence-electron chi connectivity index (χ2n) is 5.14. The van der Waals surface area contributed by atoms with Crippen LogP contribution in [0.4, 0.5) is 4.79 Å². The number of urea groups is 1. The highest BCUT2D eigenvalue weighted by Crippen LogP contribution is 2.28. The van der Waals surface area contributed by atoms with Crippen molar-refractivity contribution in [3.8, 4) is 0 Å². The molecule has 2 N–H and O–H groups in total. The number of aromatic nitrogens is 2. The quantitative estimate of drug-likeness (QED) is 0.602. The van der Waals surface area contributed by atoms with E-state index in [-0.39, 0.29) is 18.0 Å². The lowest BCUT2D eigenvalue weighted by Gasteiger charge is -2.23. The molecule has 1 aromatic heterocycles. The molecule has 0 aliphatic heterocycles. The molecule has 1 atom stereocenters. The van der Waals surface area contributed by atoms with E-state index >= 15 is 0 Å². The van der Waals surface area contributed by atoms with Crippen molar-refractivity contribution in [1.82, 2.24) is 20.4 Å². The minimum atomic E-state index is -0.249. The summed E-state index contributed by atoms with van der Waals surface area (Å²) in [6.45, 7) is 0.514.